The zero-order valence-corrected chi connectivity index (χ0v) is 15.8. The molecule has 0 bridgehead atoms. The molecule has 1 heterocycles. The Kier molecular flexibility index (Phi) is 6.22. The van der Waals surface area contributed by atoms with Crippen molar-refractivity contribution in [3.8, 4) is 17.0 Å². The number of esters is 1. The molecular weight excluding hydrogens is 358 g/mol. The van der Waals surface area contributed by atoms with Gasteiger partial charge in [-0.15, -0.1) is 0 Å². The monoisotopic (exact) mass is 379 g/mol. The van der Waals surface area contributed by atoms with E-state index in [1.165, 1.54) is 0 Å². The molecule has 28 heavy (non-hydrogen) atoms. The van der Waals surface area contributed by atoms with Crippen molar-refractivity contribution in [1.82, 2.24) is 5.16 Å². The molecule has 0 unspecified atom stereocenters. The Morgan fingerprint density at radius 2 is 1.71 bits per heavy atom. The number of aryl methyl sites for hydroxylation is 1. The zero-order chi connectivity index (χ0) is 19.9. The molecule has 3 rings (SSSR count). The summed E-state index contributed by atoms with van der Waals surface area (Å²) in [7, 11) is 1.60. The summed E-state index contributed by atoms with van der Waals surface area (Å²) >= 11 is 0. The van der Waals surface area contributed by atoms with Crippen LogP contribution in [0.1, 0.15) is 34.5 Å². The molecule has 6 heteroatoms. The van der Waals surface area contributed by atoms with E-state index in [9.17, 15) is 9.59 Å². The normalized spacial score (nSPS) is 10.5. The highest BCUT2D eigenvalue weighted by molar-refractivity contribution is 5.97. The first-order valence-electron chi connectivity index (χ1n) is 8.90. The van der Waals surface area contributed by atoms with Gasteiger partial charge in [0.1, 0.15) is 11.4 Å². The summed E-state index contributed by atoms with van der Waals surface area (Å²) in [6, 6.07) is 16.4. The van der Waals surface area contributed by atoms with Crippen molar-refractivity contribution in [1.29, 1.82) is 0 Å². The maximum Gasteiger partial charge on any atom is 0.306 e. The smallest absolute Gasteiger partial charge is 0.306 e. The minimum absolute atomic E-state index is 0.0200. The average molecular weight is 379 g/mol. The number of benzene rings is 2. The Bertz CT molecular complexity index is 942. The Morgan fingerprint density at radius 1 is 1.00 bits per heavy atom. The van der Waals surface area contributed by atoms with Crippen LogP contribution in [0.4, 0.5) is 0 Å². The number of ether oxygens (including phenoxy) is 2. The fourth-order valence-corrected chi connectivity index (χ4v) is 2.60. The first kappa shape index (κ1) is 19.4. The highest BCUT2D eigenvalue weighted by Gasteiger charge is 2.12. The Labute approximate surface area is 163 Å². The van der Waals surface area contributed by atoms with Crippen molar-refractivity contribution in [3.63, 3.8) is 0 Å². The first-order valence-corrected chi connectivity index (χ1v) is 8.90. The van der Waals surface area contributed by atoms with Gasteiger partial charge in [-0.05, 0) is 31.2 Å². The van der Waals surface area contributed by atoms with E-state index in [2.05, 4.69) is 5.16 Å². The third-order valence-corrected chi connectivity index (χ3v) is 4.25. The van der Waals surface area contributed by atoms with Gasteiger partial charge in [-0.25, -0.2) is 0 Å². The molecule has 0 aliphatic carbocycles. The molecule has 0 amide bonds. The number of methoxy groups -OCH3 is 1. The van der Waals surface area contributed by atoms with E-state index in [0.29, 0.717) is 17.0 Å². The van der Waals surface area contributed by atoms with E-state index in [-0.39, 0.29) is 25.2 Å². The van der Waals surface area contributed by atoms with Crippen LogP contribution >= 0.6 is 0 Å². The molecule has 0 saturated heterocycles. The van der Waals surface area contributed by atoms with E-state index in [0.717, 1.165) is 16.9 Å². The molecule has 144 valence electrons. The molecule has 0 atom stereocenters. The molecule has 1 aromatic heterocycles. The van der Waals surface area contributed by atoms with Gasteiger partial charge < -0.3 is 14.0 Å². The quantitative estimate of drug-likeness (QED) is 0.427. The van der Waals surface area contributed by atoms with Crippen LogP contribution in [0.25, 0.3) is 11.3 Å². The lowest BCUT2D eigenvalue weighted by Crippen LogP contribution is -2.08. The van der Waals surface area contributed by atoms with Gasteiger partial charge in [0.15, 0.2) is 18.2 Å². The number of hydrogen-bond acceptors (Lipinski definition) is 6. The van der Waals surface area contributed by atoms with Crippen LogP contribution in [0.2, 0.25) is 0 Å². The molecular formula is C22H21NO5. The summed E-state index contributed by atoms with van der Waals surface area (Å²) in [5.74, 6) is 0.645. The molecule has 0 spiro atoms. The summed E-state index contributed by atoms with van der Waals surface area (Å²) in [6.45, 7) is 1.93. The van der Waals surface area contributed by atoms with Crippen molar-refractivity contribution >= 4 is 11.8 Å². The van der Waals surface area contributed by atoms with Crippen molar-refractivity contribution in [2.24, 2.45) is 0 Å². The molecule has 0 N–H and O–H groups in total. The average Bonchev–Trinajstić information content (AvgIpc) is 3.20. The van der Waals surface area contributed by atoms with Crippen LogP contribution in [-0.4, -0.2) is 24.0 Å². The molecule has 6 nitrogen and oxygen atoms in total. The maximum absolute atomic E-state index is 12.1. The summed E-state index contributed by atoms with van der Waals surface area (Å²) in [5, 5.41) is 3.98. The third kappa shape index (κ3) is 5.07. The van der Waals surface area contributed by atoms with Crippen LogP contribution in [0, 0.1) is 6.92 Å². The lowest BCUT2D eigenvalue weighted by atomic mass is 10.1. The van der Waals surface area contributed by atoms with Crippen LogP contribution in [0.5, 0.6) is 5.75 Å². The minimum atomic E-state index is -0.456. The van der Waals surface area contributed by atoms with Gasteiger partial charge in [0.05, 0.1) is 13.5 Å². The Morgan fingerprint density at radius 3 is 2.39 bits per heavy atom. The van der Waals surface area contributed by atoms with Gasteiger partial charge in [-0.3, -0.25) is 9.59 Å². The highest BCUT2D eigenvalue weighted by Crippen LogP contribution is 2.22. The first-order chi connectivity index (χ1) is 13.5. The van der Waals surface area contributed by atoms with Gasteiger partial charge in [-0.2, -0.15) is 0 Å². The number of carbonyl (C=O) groups is 2. The third-order valence-electron chi connectivity index (χ3n) is 4.25. The second kappa shape index (κ2) is 8.99. The van der Waals surface area contributed by atoms with E-state index in [4.69, 9.17) is 14.0 Å². The molecule has 3 aromatic rings. The summed E-state index contributed by atoms with van der Waals surface area (Å²) in [4.78, 5) is 24.0. The van der Waals surface area contributed by atoms with Crippen LogP contribution in [-0.2, 0) is 16.1 Å². The molecule has 0 fully saturated rings. The highest BCUT2D eigenvalue weighted by atomic mass is 16.5. The van der Waals surface area contributed by atoms with Gasteiger partial charge in [-0.1, -0.05) is 35.0 Å². The predicted molar refractivity (Wildman–Crippen MR) is 103 cm³/mol. The fraction of sp³-hybridized carbons (Fsp3) is 0.227. The summed E-state index contributed by atoms with van der Waals surface area (Å²) in [6.07, 6.45) is 0.127. The number of ketones is 1. The molecule has 2 aromatic carbocycles. The lowest BCUT2D eigenvalue weighted by molar-refractivity contribution is -0.145. The van der Waals surface area contributed by atoms with Crippen molar-refractivity contribution in [2.75, 3.05) is 7.11 Å². The lowest BCUT2D eigenvalue weighted by Gasteiger charge is -2.03. The second-order valence-electron chi connectivity index (χ2n) is 6.36. The topological polar surface area (TPSA) is 78.6 Å². The Balaban J connectivity index is 1.47. The second-order valence-corrected chi connectivity index (χ2v) is 6.36. The predicted octanol–water partition coefficient (Wildman–Crippen LogP) is 4.36. The number of aromatic nitrogens is 1. The van der Waals surface area contributed by atoms with Crippen LogP contribution in [0.3, 0.4) is 0 Å². The summed E-state index contributed by atoms with van der Waals surface area (Å²) in [5.41, 5.74) is 3.18. The number of carbonyl (C=O) groups excluding carboxylic acids is 2. The largest absolute Gasteiger partial charge is 0.497 e. The summed E-state index contributed by atoms with van der Waals surface area (Å²) < 4.78 is 15.5. The number of rotatable bonds is 8. The van der Waals surface area contributed by atoms with Gasteiger partial charge in [0.25, 0.3) is 0 Å². The maximum atomic E-state index is 12.1. The SMILES string of the molecule is COc1ccc(-c2cc(COC(=O)CCC(=O)c3ccc(C)cc3)on2)cc1. The fourth-order valence-electron chi connectivity index (χ4n) is 2.60. The van der Waals surface area contributed by atoms with Crippen molar-refractivity contribution in [2.45, 2.75) is 26.4 Å². The minimum Gasteiger partial charge on any atom is -0.497 e. The molecule has 0 radical (unpaired) electrons. The standard InChI is InChI=1S/C22H21NO5/c1-15-3-5-17(6-4-15)21(24)11-12-22(25)27-14-19-13-20(23-28-19)16-7-9-18(26-2)10-8-16/h3-10,13H,11-12,14H2,1-2H3. The van der Waals surface area contributed by atoms with Gasteiger partial charge >= 0.3 is 5.97 Å². The van der Waals surface area contributed by atoms with E-state index in [1.54, 1.807) is 25.3 Å². The molecule has 0 saturated carbocycles. The van der Waals surface area contributed by atoms with Crippen molar-refractivity contribution in [3.05, 3.63) is 71.5 Å². The van der Waals surface area contributed by atoms with E-state index >= 15 is 0 Å². The molecule has 0 aliphatic heterocycles. The van der Waals surface area contributed by atoms with Gasteiger partial charge in [0.2, 0.25) is 0 Å². The van der Waals surface area contributed by atoms with E-state index < -0.39 is 5.97 Å². The zero-order valence-electron chi connectivity index (χ0n) is 15.8. The molecule has 0 aliphatic rings. The number of nitrogens with zero attached hydrogens (tertiary/aromatic N) is 1. The van der Waals surface area contributed by atoms with Crippen LogP contribution < -0.4 is 4.74 Å². The van der Waals surface area contributed by atoms with Crippen molar-refractivity contribution < 1.29 is 23.6 Å². The van der Waals surface area contributed by atoms with Gasteiger partial charge in [0, 0.05) is 23.6 Å². The van der Waals surface area contributed by atoms with E-state index in [1.807, 2.05) is 43.3 Å². The van der Waals surface area contributed by atoms with Crippen LogP contribution in [0.15, 0.2) is 59.1 Å². The number of Topliss-reactive ketones (excluding diaryl/α,β-unsaturated/α-hetero) is 1. The number of hydrogen-bond donors (Lipinski definition) is 0. The Hall–Kier alpha value is -3.41.